The lowest BCUT2D eigenvalue weighted by Crippen LogP contribution is -2.46. The van der Waals surface area contributed by atoms with Crippen LogP contribution in [0.5, 0.6) is 0 Å². The van der Waals surface area contributed by atoms with Crippen molar-refractivity contribution in [1.82, 2.24) is 5.32 Å². The fraction of sp³-hybridized carbons (Fsp3) is 0.229. The van der Waals surface area contributed by atoms with Crippen molar-refractivity contribution in [2.45, 2.75) is 32.4 Å². The van der Waals surface area contributed by atoms with Crippen molar-refractivity contribution < 1.29 is 28.6 Å². The Labute approximate surface area is 245 Å². The number of amides is 1. The van der Waals surface area contributed by atoms with Crippen molar-refractivity contribution in [3.8, 4) is 11.1 Å². The summed E-state index contributed by atoms with van der Waals surface area (Å²) in [4.78, 5) is 38.9. The number of Topliss-reactive ketones (excluding diaryl/α,β-unsaturated/α-hetero) is 1. The van der Waals surface area contributed by atoms with Crippen molar-refractivity contribution in [2.75, 3.05) is 19.8 Å². The van der Waals surface area contributed by atoms with Gasteiger partial charge in [0.2, 0.25) is 0 Å². The fourth-order valence-electron chi connectivity index (χ4n) is 5.31. The van der Waals surface area contributed by atoms with E-state index in [1.165, 1.54) is 0 Å². The van der Waals surface area contributed by atoms with E-state index in [0.717, 1.165) is 38.9 Å². The number of ketones is 1. The number of esters is 1. The second kappa shape index (κ2) is 13.3. The zero-order valence-electron chi connectivity index (χ0n) is 23.7. The van der Waals surface area contributed by atoms with Gasteiger partial charge in [-0.3, -0.25) is 4.79 Å². The molecule has 1 amide bonds. The van der Waals surface area contributed by atoms with Gasteiger partial charge in [-0.25, -0.2) is 9.59 Å². The van der Waals surface area contributed by atoms with Gasteiger partial charge in [-0.2, -0.15) is 0 Å². The van der Waals surface area contributed by atoms with E-state index in [0.29, 0.717) is 5.56 Å². The first-order chi connectivity index (χ1) is 20.4. The molecule has 1 aliphatic rings. The summed E-state index contributed by atoms with van der Waals surface area (Å²) >= 11 is 0. The largest absolute Gasteiger partial charge is 0.454 e. The molecule has 4 aromatic carbocycles. The second-order valence-electron chi connectivity index (χ2n) is 10.3. The molecule has 7 nitrogen and oxygen atoms in total. The lowest BCUT2D eigenvalue weighted by atomic mass is 9.98. The summed E-state index contributed by atoms with van der Waals surface area (Å²) in [7, 11) is 0. The summed E-state index contributed by atoms with van der Waals surface area (Å²) in [5.74, 6) is -1.22. The molecule has 0 aromatic heterocycles. The normalized spacial score (nSPS) is 12.6. The van der Waals surface area contributed by atoms with Crippen molar-refractivity contribution in [3.05, 3.63) is 130 Å². The standard InChI is InChI=1S/C35H33NO6/c1-23-11-10-12-24(2)33(23)34(38)41-22-32(37)31(21-40-19-25-13-4-3-5-14-25)36-35(39)42-20-30-28-17-8-6-15-26(28)27-16-7-9-18-29(27)30/h3-18,30-31H,19-22H2,1-2H3,(H,36,39)/t31-/m0/s1. The molecule has 0 saturated carbocycles. The zero-order valence-corrected chi connectivity index (χ0v) is 23.7. The number of aryl methyl sites for hydroxylation is 2. The number of hydrogen-bond acceptors (Lipinski definition) is 6. The predicted molar refractivity (Wildman–Crippen MR) is 159 cm³/mol. The molecular formula is C35H33NO6. The number of alkyl carbamates (subject to hydrolysis) is 1. The Morgan fingerprint density at radius 1 is 0.738 bits per heavy atom. The van der Waals surface area contributed by atoms with E-state index < -0.39 is 30.5 Å². The highest BCUT2D eigenvalue weighted by atomic mass is 16.6. The molecule has 214 valence electrons. The Balaban J connectivity index is 1.23. The molecule has 5 rings (SSSR count). The quantitative estimate of drug-likeness (QED) is 0.220. The first-order valence-corrected chi connectivity index (χ1v) is 13.9. The molecule has 1 aliphatic carbocycles. The lowest BCUT2D eigenvalue weighted by Gasteiger charge is -2.20. The van der Waals surface area contributed by atoms with Crippen molar-refractivity contribution in [2.24, 2.45) is 0 Å². The Hall–Kier alpha value is -4.75. The molecule has 0 unspecified atom stereocenters. The molecule has 1 N–H and O–H groups in total. The molecule has 0 fully saturated rings. The van der Waals surface area contributed by atoms with Crippen LogP contribution < -0.4 is 5.32 Å². The molecule has 1 atom stereocenters. The molecule has 0 aliphatic heterocycles. The summed E-state index contributed by atoms with van der Waals surface area (Å²) in [6.07, 6.45) is -0.750. The van der Waals surface area contributed by atoms with Crippen LogP contribution in [-0.4, -0.2) is 43.7 Å². The van der Waals surface area contributed by atoms with E-state index >= 15 is 0 Å². The summed E-state index contributed by atoms with van der Waals surface area (Å²) < 4.78 is 16.8. The van der Waals surface area contributed by atoms with E-state index in [9.17, 15) is 14.4 Å². The first-order valence-electron chi connectivity index (χ1n) is 13.9. The van der Waals surface area contributed by atoms with E-state index in [2.05, 4.69) is 17.4 Å². The van der Waals surface area contributed by atoms with Gasteiger partial charge in [-0.05, 0) is 52.8 Å². The van der Waals surface area contributed by atoms with Gasteiger partial charge in [0.25, 0.3) is 0 Å². The van der Waals surface area contributed by atoms with E-state index in [1.807, 2.05) is 98.8 Å². The van der Waals surface area contributed by atoms with Crippen molar-refractivity contribution in [1.29, 1.82) is 0 Å². The van der Waals surface area contributed by atoms with Crippen molar-refractivity contribution >= 4 is 17.8 Å². The molecule has 7 heteroatoms. The fourth-order valence-corrected chi connectivity index (χ4v) is 5.31. The number of rotatable bonds is 11. The second-order valence-corrected chi connectivity index (χ2v) is 10.3. The van der Waals surface area contributed by atoms with Gasteiger partial charge in [-0.1, -0.05) is 97.1 Å². The number of fused-ring (bicyclic) bond motifs is 3. The highest BCUT2D eigenvalue weighted by molar-refractivity contribution is 5.95. The Morgan fingerprint density at radius 3 is 1.98 bits per heavy atom. The van der Waals surface area contributed by atoms with Crippen LogP contribution in [0.1, 0.15) is 44.1 Å². The number of carbonyl (C=O) groups excluding carboxylic acids is 3. The van der Waals surface area contributed by atoms with E-state index in [4.69, 9.17) is 14.2 Å². The summed E-state index contributed by atoms with van der Waals surface area (Å²) in [6, 6.07) is 30.0. The minimum Gasteiger partial charge on any atom is -0.454 e. The number of hydrogen-bond donors (Lipinski definition) is 1. The maximum Gasteiger partial charge on any atom is 0.407 e. The smallest absolute Gasteiger partial charge is 0.407 e. The monoisotopic (exact) mass is 563 g/mol. The first kappa shape index (κ1) is 28.8. The number of nitrogens with one attached hydrogen (secondary N) is 1. The van der Waals surface area contributed by atoms with Crippen LogP contribution in [0.15, 0.2) is 97.1 Å². The molecule has 0 heterocycles. The minimum absolute atomic E-state index is 0.104. The summed E-state index contributed by atoms with van der Waals surface area (Å²) in [5, 5.41) is 2.63. The lowest BCUT2D eigenvalue weighted by molar-refractivity contribution is -0.125. The SMILES string of the molecule is Cc1cccc(C)c1C(=O)OCC(=O)[C@H](COCc1ccccc1)NC(=O)OCC1c2ccccc2-c2ccccc21. The van der Waals surface area contributed by atoms with Crippen LogP contribution in [0.25, 0.3) is 11.1 Å². The Kier molecular flexibility index (Phi) is 9.09. The van der Waals surface area contributed by atoms with Gasteiger partial charge in [0, 0.05) is 5.92 Å². The number of benzene rings is 4. The maximum absolute atomic E-state index is 13.2. The van der Waals surface area contributed by atoms with Crippen LogP contribution in [0, 0.1) is 13.8 Å². The van der Waals surface area contributed by atoms with Crippen LogP contribution in [0.3, 0.4) is 0 Å². The van der Waals surface area contributed by atoms with Crippen LogP contribution in [0.2, 0.25) is 0 Å². The maximum atomic E-state index is 13.2. The van der Waals surface area contributed by atoms with Gasteiger partial charge in [0.1, 0.15) is 12.6 Å². The third-order valence-corrected chi connectivity index (χ3v) is 7.45. The molecule has 42 heavy (non-hydrogen) atoms. The third kappa shape index (κ3) is 6.58. The highest BCUT2D eigenvalue weighted by Crippen LogP contribution is 2.44. The van der Waals surface area contributed by atoms with Gasteiger partial charge in [0.15, 0.2) is 12.4 Å². The molecule has 0 bridgehead atoms. The molecule has 0 spiro atoms. The third-order valence-electron chi connectivity index (χ3n) is 7.45. The van der Waals surface area contributed by atoms with Crippen LogP contribution in [0.4, 0.5) is 4.79 Å². The van der Waals surface area contributed by atoms with Gasteiger partial charge < -0.3 is 19.5 Å². The number of ether oxygens (including phenoxy) is 3. The van der Waals surface area contributed by atoms with Crippen LogP contribution in [-0.2, 0) is 25.6 Å². The Morgan fingerprint density at radius 2 is 1.33 bits per heavy atom. The summed E-state index contributed by atoms with van der Waals surface area (Å²) in [6.45, 7) is 3.34. The van der Waals surface area contributed by atoms with Gasteiger partial charge in [0.05, 0.1) is 18.8 Å². The zero-order chi connectivity index (χ0) is 29.5. The average molecular weight is 564 g/mol. The topological polar surface area (TPSA) is 90.9 Å². The highest BCUT2D eigenvalue weighted by Gasteiger charge is 2.30. The van der Waals surface area contributed by atoms with Crippen LogP contribution >= 0.6 is 0 Å². The molecular weight excluding hydrogens is 530 g/mol. The van der Waals surface area contributed by atoms with Gasteiger partial charge >= 0.3 is 12.1 Å². The molecule has 4 aromatic rings. The predicted octanol–water partition coefficient (Wildman–Crippen LogP) is 6.15. The Bertz CT molecular complexity index is 1520. The van der Waals surface area contributed by atoms with Crippen molar-refractivity contribution in [3.63, 3.8) is 0 Å². The molecule has 0 saturated heterocycles. The average Bonchev–Trinajstić information content (AvgIpc) is 3.32. The molecule has 0 radical (unpaired) electrons. The minimum atomic E-state index is -1.07. The van der Waals surface area contributed by atoms with E-state index in [-0.39, 0.29) is 25.7 Å². The summed E-state index contributed by atoms with van der Waals surface area (Å²) in [5.41, 5.74) is 7.27. The number of carbonyl (C=O) groups is 3. The van der Waals surface area contributed by atoms with Gasteiger partial charge in [-0.15, -0.1) is 0 Å². The van der Waals surface area contributed by atoms with E-state index in [1.54, 1.807) is 0 Å².